The Hall–Kier alpha value is -3.09. The lowest BCUT2D eigenvalue weighted by molar-refractivity contribution is 0.876. The Morgan fingerprint density at radius 3 is 2.52 bits per heavy atom. The number of nitrogens with zero attached hydrogens (tertiary/aromatic N) is 3. The largest absolute Gasteiger partial charge is 0.285 e. The van der Waals surface area contributed by atoms with Gasteiger partial charge in [-0.1, -0.05) is 59.3 Å². The highest BCUT2D eigenvalue weighted by Gasteiger charge is 2.18. The summed E-state index contributed by atoms with van der Waals surface area (Å²) < 4.78 is 0.521. The number of thiophene rings is 1. The fourth-order valence-electron chi connectivity index (χ4n) is 3.12. The van der Waals surface area contributed by atoms with Gasteiger partial charge in [0.1, 0.15) is 15.0 Å². The van der Waals surface area contributed by atoms with Gasteiger partial charge >= 0.3 is 0 Å². The summed E-state index contributed by atoms with van der Waals surface area (Å²) >= 11 is 7.39. The zero-order valence-electron chi connectivity index (χ0n) is 13.8. The third kappa shape index (κ3) is 2.70. The van der Waals surface area contributed by atoms with Gasteiger partial charge in [0.15, 0.2) is 0 Å². The van der Waals surface area contributed by atoms with Crippen LogP contribution in [0.25, 0.3) is 42.8 Å². The molecule has 1 N–H and O–H groups in total. The van der Waals surface area contributed by atoms with Crippen molar-refractivity contribution in [3.63, 3.8) is 0 Å². The van der Waals surface area contributed by atoms with Crippen LogP contribution in [0, 0.1) is 0 Å². The minimum atomic E-state index is -0.258. The smallest absolute Gasteiger partial charge is 0.266 e. The van der Waals surface area contributed by atoms with Crippen LogP contribution < -0.4 is 5.56 Å². The molecule has 130 valence electrons. The van der Waals surface area contributed by atoms with Crippen LogP contribution in [-0.4, -0.2) is 20.4 Å². The molecule has 0 atom stereocenters. The molecule has 7 heteroatoms. The average molecular weight is 391 g/mol. The Bertz CT molecular complexity index is 1340. The predicted octanol–water partition coefficient (Wildman–Crippen LogP) is 4.92. The van der Waals surface area contributed by atoms with Gasteiger partial charge in [-0.3, -0.25) is 4.79 Å². The molecule has 0 aliphatic rings. The minimum Gasteiger partial charge on any atom is -0.266 e. The summed E-state index contributed by atoms with van der Waals surface area (Å²) in [5.41, 5.74) is 4.07. The molecule has 0 bridgehead atoms. The summed E-state index contributed by atoms with van der Waals surface area (Å²) in [6.45, 7) is 0. The second-order valence-corrected chi connectivity index (χ2v) is 7.46. The molecule has 0 saturated carbocycles. The van der Waals surface area contributed by atoms with Gasteiger partial charge in [0.05, 0.1) is 5.69 Å². The number of aromatic amines is 1. The van der Waals surface area contributed by atoms with Gasteiger partial charge in [-0.25, -0.2) is 10.1 Å². The Morgan fingerprint density at radius 1 is 0.963 bits per heavy atom. The van der Waals surface area contributed by atoms with E-state index in [0.717, 1.165) is 32.6 Å². The first-order valence-corrected chi connectivity index (χ1v) is 9.40. The molecule has 2 aromatic carbocycles. The maximum absolute atomic E-state index is 12.2. The molecule has 5 nitrogen and oxygen atoms in total. The highest BCUT2D eigenvalue weighted by atomic mass is 35.5. The van der Waals surface area contributed by atoms with Crippen LogP contribution >= 0.6 is 22.9 Å². The molecule has 0 unspecified atom stereocenters. The van der Waals surface area contributed by atoms with Crippen molar-refractivity contribution in [1.82, 2.24) is 20.4 Å². The average Bonchev–Trinajstić information content (AvgIpc) is 3.09. The summed E-state index contributed by atoms with van der Waals surface area (Å²) in [6, 6.07) is 19.6. The highest BCUT2D eigenvalue weighted by Crippen LogP contribution is 2.39. The molecule has 0 radical (unpaired) electrons. The van der Waals surface area contributed by atoms with E-state index in [1.54, 1.807) is 0 Å². The number of fused-ring (bicyclic) bond motifs is 3. The number of nitrogens with one attached hydrogen (secondary N) is 1. The Morgan fingerprint density at radius 2 is 1.74 bits per heavy atom. The normalized spacial score (nSPS) is 11.3. The maximum Gasteiger partial charge on any atom is 0.285 e. The summed E-state index contributed by atoms with van der Waals surface area (Å²) in [6.07, 6.45) is 0. The van der Waals surface area contributed by atoms with E-state index in [4.69, 9.17) is 16.6 Å². The number of hydrogen-bond donors (Lipinski definition) is 1. The topological polar surface area (TPSA) is 71.5 Å². The second kappa shape index (κ2) is 6.26. The van der Waals surface area contributed by atoms with Gasteiger partial charge < -0.3 is 0 Å². The standard InChI is InChI=1S/C20H11ClN4OS/c21-13-8-6-11(7-9-13)14-10-15(12-4-2-1-3-5-12)22-20-16(14)17-18(27-20)19(26)24-25-23-17/h1-10H,(H,23,24,26). The van der Waals surface area contributed by atoms with Gasteiger partial charge in [0.2, 0.25) is 0 Å². The lowest BCUT2D eigenvalue weighted by Crippen LogP contribution is -2.07. The summed E-state index contributed by atoms with van der Waals surface area (Å²) in [5, 5.41) is 11.8. The number of aromatic nitrogens is 4. The molecule has 3 heterocycles. The van der Waals surface area contributed by atoms with Crippen LogP contribution in [0.2, 0.25) is 5.02 Å². The molecule has 0 amide bonds. The van der Waals surface area contributed by atoms with Crippen LogP contribution in [0.5, 0.6) is 0 Å². The lowest BCUT2D eigenvalue weighted by Gasteiger charge is -2.08. The van der Waals surface area contributed by atoms with E-state index >= 15 is 0 Å². The van der Waals surface area contributed by atoms with Crippen molar-refractivity contribution in [2.45, 2.75) is 0 Å². The van der Waals surface area contributed by atoms with Crippen molar-refractivity contribution < 1.29 is 0 Å². The van der Waals surface area contributed by atoms with E-state index in [1.807, 2.05) is 60.7 Å². The van der Waals surface area contributed by atoms with Crippen LogP contribution in [0.1, 0.15) is 0 Å². The van der Waals surface area contributed by atoms with Crippen LogP contribution in [0.15, 0.2) is 65.5 Å². The minimum absolute atomic E-state index is 0.258. The molecule has 0 aliphatic carbocycles. The number of H-pyrrole nitrogens is 1. The predicted molar refractivity (Wildman–Crippen MR) is 109 cm³/mol. The second-order valence-electron chi connectivity index (χ2n) is 6.03. The number of hydrogen-bond acceptors (Lipinski definition) is 5. The van der Waals surface area contributed by atoms with Crippen molar-refractivity contribution in [3.05, 3.63) is 76.0 Å². The summed E-state index contributed by atoms with van der Waals surface area (Å²) in [5.74, 6) is 0. The van der Waals surface area contributed by atoms with Gasteiger partial charge in [-0.15, -0.1) is 16.4 Å². The van der Waals surface area contributed by atoms with Crippen LogP contribution in [0.3, 0.4) is 0 Å². The van der Waals surface area contributed by atoms with Crippen LogP contribution in [-0.2, 0) is 0 Å². The highest BCUT2D eigenvalue weighted by molar-refractivity contribution is 7.25. The molecule has 0 aliphatic heterocycles. The molecule has 3 aromatic heterocycles. The molecular formula is C20H11ClN4OS. The summed E-state index contributed by atoms with van der Waals surface area (Å²) in [7, 11) is 0. The molecule has 27 heavy (non-hydrogen) atoms. The van der Waals surface area contributed by atoms with E-state index in [9.17, 15) is 4.79 Å². The number of halogens is 1. The van der Waals surface area contributed by atoms with E-state index in [-0.39, 0.29) is 5.56 Å². The Labute approximate surface area is 162 Å². The first-order valence-electron chi connectivity index (χ1n) is 8.21. The molecule has 0 fully saturated rings. The molecular weight excluding hydrogens is 380 g/mol. The quantitative estimate of drug-likeness (QED) is 0.464. The first kappa shape index (κ1) is 16.1. The third-order valence-electron chi connectivity index (χ3n) is 4.37. The zero-order chi connectivity index (χ0) is 18.4. The fraction of sp³-hybridized carbons (Fsp3) is 0. The van der Waals surface area contributed by atoms with Crippen molar-refractivity contribution in [2.75, 3.05) is 0 Å². The van der Waals surface area contributed by atoms with Crippen molar-refractivity contribution in [1.29, 1.82) is 0 Å². The molecule has 5 rings (SSSR count). The van der Waals surface area contributed by atoms with Gasteiger partial charge in [-0.2, -0.15) is 0 Å². The van der Waals surface area contributed by atoms with Gasteiger partial charge in [0, 0.05) is 16.0 Å². The monoisotopic (exact) mass is 390 g/mol. The molecule has 0 spiro atoms. The van der Waals surface area contributed by atoms with Gasteiger partial charge in [0.25, 0.3) is 5.56 Å². The van der Waals surface area contributed by atoms with E-state index in [2.05, 4.69) is 15.4 Å². The van der Waals surface area contributed by atoms with E-state index in [0.29, 0.717) is 15.2 Å². The van der Waals surface area contributed by atoms with Crippen molar-refractivity contribution in [3.8, 4) is 22.4 Å². The number of rotatable bonds is 2. The molecule has 0 saturated heterocycles. The van der Waals surface area contributed by atoms with E-state index < -0.39 is 0 Å². The summed E-state index contributed by atoms with van der Waals surface area (Å²) in [4.78, 5) is 17.8. The molecule has 5 aromatic rings. The maximum atomic E-state index is 12.2. The Balaban J connectivity index is 1.91. The lowest BCUT2D eigenvalue weighted by atomic mass is 10.00. The van der Waals surface area contributed by atoms with E-state index in [1.165, 1.54) is 11.3 Å². The van der Waals surface area contributed by atoms with Gasteiger partial charge in [-0.05, 0) is 29.3 Å². The number of benzene rings is 2. The Kier molecular flexibility index (Phi) is 3.74. The fourth-order valence-corrected chi connectivity index (χ4v) is 4.27. The van der Waals surface area contributed by atoms with Crippen LogP contribution in [0.4, 0.5) is 0 Å². The number of pyridine rings is 1. The van der Waals surface area contributed by atoms with Crippen molar-refractivity contribution in [2.24, 2.45) is 0 Å². The third-order valence-corrected chi connectivity index (χ3v) is 5.69. The van der Waals surface area contributed by atoms with Crippen molar-refractivity contribution >= 4 is 43.4 Å². The zero-order valence-corrected chi connectivity index (χ0v) is 15.4. The first-order chi connectivity index (χ1) is 13.2. The SMILES string of the molecule is O=c1[nH]nnc2c1sc1nc(-c3ccccc3)cc(-c3ccc(Cl)cc3)c12.